The summed E-state index contributed by atoms with van der Waals surface area (Å²) in [6.07, 6.45) is 6.89. The molecule has 0 radical (unpaired) electrons. The van der Waals surface area contributed by atoms with Gasteiger partial charge in [-0.2, -0.15) is 4.98 Å². The maximum absolute atomic E-state index is 5.18. The van der Waals surface area contributed by atoms with Gasteiger partial charge in [-0.05, 0) is 25.5 Å². The van der Waals surface area contributed by atoms with Crippen LogP contribution in [0.4, 0.5) is 5.95 Å². The van der Waals surface area contributed by atoms with Crippen molar-refractivity contribution in [2.45, 2.75) is 19.8 Å². The monoisotopic (exact) mass is 214 g/mol. The number of terminal acetylenes is 1. The lowest BCUT2D eigenvalue weighted by atomic mass is 10.3. The van der Waals surface area contributed by atoms with Crippen molar-refractivity contribution < 1.29 is 0 Å². The van der Waals surface area contributed by atoms with E-state index in [-0.39, 0.29) is 0 Å². The van der Waals surface area contributed by atoms with Crippen LogP contribution in [-0.2, 0) is 0 Å². The number of nitrogens with zero attached hydrogens (tertiary/aromatic N) is 3. The first kappa shape index (κ1) is 10.5. The molecule has 0 fully saturated rings. The first-order valence-electron chi connectivity index (χ1n) is 5.31. The summed E-state index contributed by atoms with van der Waals surface area (Å²) in [5, 5.41) is 7.51. The van der Waals surface area contributed by atoms with Crippen LogP contribution < -0.4 is 5.32 Å². The van der Waals surface area contributed by atoms with E-state index in [9.17, 15) is 0 Å². The quantitative estimate of drug-likeness (QED) is 0.624. The van der Waals surface area contributed by atoms with E-state index in [1.54, 1.807) is 0 Å². The van der Waals surface area contributed by atoms with Crippen LogP contribution in [0.25, 0.3) is 5.65 Å². The number of hydrogen-bond donors (Lipinski definition) is 1. The molecule has 16 heavy (non-hydrogen) atoms. The molecule has 0 saturated heterocycles. The Labute approximate surface area is 94.7 Å². The van der Waals surface area contributed by atoms with Crippen molar-refractivity contribution in [1.82, 2.24) is 14.6 Å². The van der Waals surface area contributed by atoms with Crippen LogP contribution in [-0.4, -0.2) is 21.1 Å². The molecule has 0 aliphatic heterocycles. The Morgan fingerprint density at radius 3 is 3.12 bits per heavy atom. The molecular formula is C12H14N4. The van der Waals surface area contributed by atoms with Crippen molar-refractivity contribution in [3.05, 3.63) is 23.9 Å². The van der Waals surface area contributed by atoms with Gasteiger partial charge in [0.25, 0.3) is 0 Å². The summed E-state index contributed by atoms with van der Waals surface area (Å²) in [4.78, 5) is 4.36. The van der Waals surface area contributed by atoms with Gasteiger partial charge in [0.1, 0.15) is 0 Å². The molecule has 4 heteroatoms. The Bertz CT molecular complexity index is 521. The molecule has 2 rings (SSSR count). The number of aromatic nitrogens is 3. The van der Waals surface area contributed by atoms with E-state index in [0.29, 0.717) is 5.95 Å². The third-order valence-corrected chi connectivity index (χ3v) is 2.33. The van der Waals surface area contributed by atoms with Crippen LogP contribution in [0.3, 0.4) is 0 Å². The Hall–Kier alpha value is -2.02. The maximum atomic E-state index is 5.18. The predicted octanol–water partition coefficient (Wildman–Crippen LogP) is 1.86. The average molecular weight is 214 g/mol. The van der Waals surface area contributed by atoms with Crippen LogP contribution in [0.2, 0.25) is 0 Å². The second kappa shape index (κ2) is 4.67. The predicted molar refractivity (Wildman–Crippen MR) is 64.3 cm³/mol. The Morgan fingerprint density at radius 2 is 2.38 bits per heavy atom. The first-order valence-corrected chi connectivity index (χ1v) is 5.31. The van der Waals surface area contributed by atoms with Crippen LogP contribution in [0, 0.1) is 19.3 Å². The van der Waals surface area contributed by atoms with Gasteiger partial charge >= 0.3 is 0 Å². The molecule has 0 unspecified atom stereocenters. The van der Waals surface area contributed by atoms with Gasteiger partial charge in [-0.25, -0.2) is 4.52 Å². The van der Waals surface area contributed by atoms with E-state index in [2.05, 4.69) is 21.3 Å². The lowest BCUT2D eigenvalue weighted by Crippen LogP contribution is -2.03. The van der Waals surface area contributed by atoms with Crippen molar-refractivity contribution in [3.8, 4) is 12.3 Å². The number of hydrogen-bond acceptors (Lipinski definition) is 3. The molecule has 0 amide bonds. The Kier molecular flexibility index (Phi) is 3.06. The molecule has 0 bridgehead atoms. The second-order valence-corrected chi connectivity index (χ2v) is 3.61. The van der Waals surface area contributed by atoms with E-state index >= 15 is 0 Å². The van der Waals surface area contributed by atoms with Crippen LogP contribution in [0.5, 0.6) is 0 Å². The standard InChI is InChI=1S/C12H14N4/c1-3-4-5-9-13-12-14-11-8-6-7-10(2)16(11)15-12/h1,6-8H,4-5,9H2,2H3,(H,13,15). The van der Waals surface area contributed by atoms with E-state index < -0.39 is 0 Å². The number of rotatable bonds is 4. The van der Waals surface area contributed by atoms with Crippen molar-refractivity contribution in [3.63, 3.8) is 0 Å². The molecule has 4 nitrogen and oxygen atoms in total. The molecule has 82 valence electrons. The number of pyridine rings is 1. The van der Waals surface area contributed by atoms with Gasteiger partial charge < -0.3 is 5.32 Å². The normalized spacial score (nSPS) is 10.2. The third kappa shape index (κ3) is 2.14. The molecule has 0 aliphatic rings. The summed E-state index contributed by atoms with van der Waals surface area (Å²) >= 11 is 0. The number of nitrogens with one attached hydrogen (secondary N) is 1. The number of aryl methyl sites for hydroxylation is 1. The smallest absolute Gasteiger partial charge is 0.243 e. The number of unbranched alkanes of at least 4 members (excludes halogenated alkanes) is 1. The summed E-state index contributed by atoms with van der Waals surface area (Å²) in [5.74, 6) is 3.26. The molecule has 0 aliphatic carbocycles. The lowest BCUT2D eigenvalue weighted by molar-refractivity contribution is 0.874. The van der Waals surface area contributed by atoms with Crippen LogP contribution in [0.1, 0.15) is 18.5 Å². The SMILES string of the molecule is C#CCCCNc1nc2cccc(C)n2n1. The highest BCUT2D eigenvalue weighted by molar-refractivity contribution is 5.44. The fourth-order valence-electron chi connectivity index (χ4n) is 1.50. The van der Waals surface area contributed by atoms with Crippen LogP contribution >= 0.6 is 0 Å². The molecule has 0 spiro atoms. The topological polar surface area (TPSA) is 42.2 Å². The van der Waals surface area contributed by atoms with Crippen LogP contribution in [0.15, 0.2) is 18.2 Å². The summed E-state index contributed by atoms with van der Waals surface area (Å²) in [6.45, 7) is 2.81. The largest absolute Gasteiger partial charge is 0.353 e. The molecule has 1 N–H and O–H groups in total. The highest BCUT2D eigenvalue weighted by Gasteiger charge is 2.03. The molecule has 2 heterocycles. The second-order valence-electron chi connectivity index (χ2n) is 3.61. The number of anilines is 1. The van der Waals surface area contributed by atoms with E-state index in [1.165, 1.54) is 0 Å². The zero-order valence-electron chi connectivity index (χ0n) is 9.27. The van der Waals surface area contributed by atoms with Crippen molar-refractivity contribution in [2.24, 2.45) is 0 Å². The van der Waals surface area contributed by atoms with Gasteiger partial charge in [0.05, 0.1) is 0 Å². The van der Waals surface area contributed by atoms with Gasteiger partial charge in [0.15, 0.2) is 5.65 Å². The fourth-order valence-corrected chi connectivity index (χ4v) is 1.50. The van der Waals surface area contributed by atoms with Gasteiger partial charge in [-0.3, -0.25) is 0 Å². The summed E-state index contributed by atoms with van der Waals surface area (Å²) < 4.78 is 1.82. The highest BCUT2D eigenvalue weighted by Crippen LogP contribution is 2.07. The van der Waals surface area contributed by atoms with Crippen molar-refractivity contribution in [1.29, 1.82) is 0 Å². The first-order chi connectivity index (χ1) is 7.81. The Balaban J connectivity index is 2.09. The maximum Gasteiger partial charge on any atom is 0.243 e. The molecule has 0 saturated carbocycles. The molecular weight excluding hydrogens is 200 g/mol. The highest BCUT2D eigenvalue weighted by atomic mass is 15.3. The zero-order chi connectivity index (χ0) is 11.4. The van der Waals surface area contributed by atoms with E-state index in [1.807, 2.05) is 29.6 Å². The summed E-state index contributed by atoms with van der Waals surface area (Å²) in [7, 11) is 0. The van der Waals surface area contributed by atoms with Gasteiger partial charge in [0.2, 0.25) is 5.95 Å². The minimum absolute atomic E-state index is 0.659. The summed E-state index contributed by atoms with van der Waals surface area (Å²) in [5.41, 5.74) is 1.93. The van der Waals surface area contributed by atoms with Gasteiger partial charge in [-0.1, -0.05) is 6.07 Å². The zero-order valence-corrected chi connectivity index (χ0v) is 9.27. The fraction of sp³-hybridized carbons (Fsp3) is 0.333. The third-order valence-electron chi connectivity index (χ3n) is 2.33. The minimum Gasteiger partial charge on any atom is -0.353 e. The van der Waals surface area contributed by atoms with Gasteiger partial charge in [0, 0.05) is 18.7 Å². The lowest BCUT2D eigenvalue weighted by Gasteiger charge is -1.97. The average Bonchev–Trinajstić information content (AvgIpc) is 2.69. The van der Waals surface area contributed by atoms with Crippen molar-refractivity contribution >= 4 is 11.6 Å². The minimum atomic E-state index is 0.659. The summed E-state index contributed by atoms with van der Waals surface area (Å²) in [6, 6.07) is 5.91. The molecule has 0 atom stereocenters. The van der Waals surface area contributed by atoms with Gasteiger partial charge in [-0.15, -0.1) is 17.4 Å². The number of fused-ring (bicyclic) bond motifs is 1. The van der Waals surface area contributed by atoms with E-state index in [4.69, 9.17) is 6.42 Å². The van der Waals surface area contributed by atoms with Crippen molar-refractivity contribution in [2.75, 3.05) is 11.9 Å². The molecule has 2 aromatic rings. The Morgan fingerprint density at radius 1 is 1.50 bits per heavy atom. The molecule has 0 aromatic carbocycles. The van der Waals surface area contributed by atoms with E-state index in [0.717, 1.165) is 30.7 Å². The molecule has 2 aromatic heterocycles.